The molecule has 0 N–H and O–H groups in total. The minimum absolute atomic E-state index is 0.277. The summed E-state index contributed by atoms with van der Waals surface area (Å²) in [5.41, 5.74) is 2.56. The number of methoxy groups -OCH3 is 1. The third-order valence-electron chi connectivity index (χ3n) is 4.94. The van der Waals surface area contributed by atoms with Gasteiger partial charge in [0.25, 0.3) is 0 Å². The Morgan fingerprint density at radius 1 is 1.11 bits per heavy atom. The molecular formula is C18H22N6O3S. The second-order valence-corrected chi connectivity index (χ2v) is 8.48. The van der Waals surface area contributed by atoms with Crippen LogP contribution in [0.15, 0.2) is 41.6 Å². The Hall–Kier alpha value is -2.72. The maximum absolute atomic E-state index is 12.9. The van der Waals surface area contributed by atoms with E-state index in [1.165, 1.54) is 4.31 Å². The molecule has 1 fully saturated rings. The van der Waals surface area contributed by atoms with Gasteiger partial charge in [-0.2, -0.15) is 13.9 Å². The van der Waals surface area contributed by atoms with Crippen LogP contribution in [0.1, 0.15) is 12.6 Å². The lowest BCUT2D eigenvalue weighted by atomic mass is 10.2. The summed E-state index contributed by atoms with van der Waals surface area (Å²) in [4.78, 5) is 2.42. The largest absolute Gasteiger partial charge is 0.497 e. The van der Waals surface area contributed by atoms with Crippen LogP contribution in [0.2, 0.25) is 0 Å². The van der Waals surface area contributed by atoms with Gasteiger partial charge in [0.1, 0.15) is 12.1 Å². The van der Waals surface area contributed by atoms with Gasteiger partial charge in [0, 0.05) is 26.2 Å². The molecule has 2 aromatic heterocycles. The summed E-state index contributed by atoms with van der Waals surface area (Å²) in [5.74, 6) is 0.630. The van der Waals surface area contributed by atoms with Gasteiger partial charge in [-0.05, 0) is 36.8 Å². The molecular weight excluding hydrogens is 380 g/mol. The number of nitrogens with zero attached hydrogens (tertiary/aromatic N) is 6. The number of benzene rings is 1. The third-order valence-corrected chi connectivity index (χ3v) is 6.85. The number of aromatic nitrogens is 4. The highest BCUT2D eigenvalue weighted by Gasteiger charge is 2.29. The molecule has 0 bridgehead atoms. The molecule has 10 heteroatoms. The van der Waals surface area contributed by atoms with Gasteiger partial charge in [-0.3, -0.25) is 0 Å². The van der Waals surface area contributed by atoms with Gasteiger partial charge in [-0.1, -0.05) is 6.92 Å². The van der Waals surface area contributed by atoms with Gasteiger partial charge < -0.3 is 9.64 Å². The second-order valence-electron chi connectivity index (χ2n) is 6.54. The van der Waals surface area contributed by atoms with Crippen molar-refractivity contribution in [2.75, 3.05) is 38.2 Å². The van der Waals surface area contributed by atoms with Crippen molar-refractivity contribution in [2.24, 2.45) is 0 Å². The smallest absolute Gasteiger partial charge is 0.243 e. The Morgan fingerprint density at radius 3 is 2.46 bits per heavy atom. The number of aryl methyl sites for hydroxylation is 1. The van der Waals surface area contributed by atoms with Crippen LogP contribution in [-0.4, -0.2) is 65.8 Å². The Bertz CT molecular complexity index is 1070. The summed E-state index contributed by atoms with van der Waals surface area (Å²) < 4.78 is 34.2. The normalized spacial score (nSPS) is 15.9. The SMILES string of the molecule is CCc1cc(N2CCN(S(=O)(=O)c3ccc(OC)cc3)CC2)c2nncn2n1. The zero-order valence-corrected chi connectivity index (χ0v) is 16.6. The monoisotopic (exact) mass is 402 g/mol. The van der Waals surface area contributed by atoms with E-state index in [1.807, 2.05) is 13.0 Å². The van der Waals surface area contributed by atoms with Crippen molar-refractivity contribution in [1.82, 2.24) is 24.1 Å². The summed E-state index contributed by atoms with van der Waals surface area (Å²) in [6.07, 6.45) is 2.38. The average molecular weight is 402 g/mol. The van der Waals surface area contributed by atoms with Gasteiger partial charge >= 0.3 is 0 Å². The lowest BCUT2D eigenvalue weighted by Crippen LogP contribution is -2.48. The Kier molecular flexibility index (Phi) is 4.90. The first-order valence-electron chi connectivity index (χ1n) is 9.12. The minimum Gasteiger partial charge on any atom is -0.497 e. The first-order chi connectivity index (χ1) is 13.5. The zero-order chi connectivity index (χ0) is 19.7. The van der Waals surface area contributed by atoms with Crippen molar-refractivity contribution < 1.29 is 13.2 Å². The fourth-order valence-electron chi connectivity index (χ4n) is 3.33. The number of ether oxygens (including phenoxy) is 1. The Morgan fingerprint density at radius 2 is 1.82 bits per heavy atom. The van der Waals surface area contributed by atoms with Crippen LogP contribution >= 0.6 is 0 Å². The van der Waals surface area contributed by atoms with E-state index in [2.05, 4.69) is 20.2 Å². The van der Waals surface area contributed by atoms with Crippen LogP contribution in [0.5, 0.6) is 5.75 Å². The number of piperazine rings is 1. The molecule has 1 aromatic carbocycles. The molecule has 4 rings (SSSR count). The number of sulfonamides is 1. The van der Waals surface area contributed by atoms with E-state index in [4.69, 9.17) is 4.74 Å². The van der Waals surface area contributed by atoms with Gasteiger partial charge in [0.05, 0.1) is 23.4 Å². The molecule has 0 aliphatic carbocycles. The van der Waals surface area contributed by atoms with Crippen LogP contribution in [0, 0.1) is 0 Å². The summed E-state index contributed by atoms with van der Waals surface area (Å²) in [6, 6.07) is 8.49. The first-order valence-corrected chi connectivity index (χ1v) is 10.6. The van der Waals surface area contributed by atoms with E-state index >= 15 is 0 Å². The van der Waals surface area contributed by atoms with Gasteiger partial charge in [0.15, 0.2) is 0 Å². The van der Waals surface area contributed by atoms with Gasteiger partial charge in [-0.15, -0.1) is 10.2 Å². The molecule has 0 amide bonds. The molecule has 1 saturated heterocycles. The molecule has 0 spiro atoms. The predicted octanol–water partition coefficient (Wildman–Crippen LogP) is 1.21. The molecule has 0 saturated carbocycles. The van der Waals surface area contributed by atoms with E-state index in [1.54, 1.807) is 42.2 Å². The van der Waals surface area contributed by atoms with Gasteiger partial charge in [0.2, 0.25) is 15.7 Å². The maximum atomic E-state index is 12.9. The van der Waals surface area contributed by atoms with Crippen molar-refractivity contribution in [3.63, 3.8) is 0 Å². The Balaban J connectivity index is 1.54. The standard InChI is InChI=1S/C18H22N6O3S/c1-3-14-12-17(18-20-19-13-24(18)21-14)22-8-10-23(11-9-22)28(25,26)16-6-4-15(27-2)5-7-16/h4-7,12-13H,3,8-11H2,1-2H3. The number of rotatable bonds is 5. The van der Waals surface area contributed by atoms with Crippen LogP contribution in [0.3, 0.4) is 0 Å². The van der Waals surface area contributed by atoms with Crippen LogP contribution < -0.4 is 9.64 Å². The molecule has 0 radical (unpaired) electrons. The summed E-state index contributed by atoms with van der Waals surface area (Å²) >= 11 is 0. The van der Waals surface area contributed by atoms with Crippen molar-refractivity contribution in [3.8, 4) is 5.75 Å². The average Bonchev–Trinajstić information content (AvgIpc) is 3.21. The second kappa shape index (κ2) is 7.36. The van der Waals surface area contributed by atoms with Crippen molar-refractivity contribution >= 4 is 21.4 Å². The van der Waals surface area contributed by atoms with Crippen LogP contribution in [-0.2, 0) is 16.4 Å². The molecule has 1 aliphatic rings. The van der Waals surface area contributed by atoms with Crippen LogP contribution in [0.4, 0.5) is 5.69 Å². The number of anilines is 1. The van der Waals surface area contributed by atoms with Crippen molar-refractivity contribution in [1.29, 1.82) is 0 Å². The van der Waals surface area contributed by atoms with E-state index < -0.39 is 10.0 Å². The predicted molar refractivity (Wildman–Crippen MR) is 104 cm³/mol. The summed E-state index contributed by atoms with van der Waals surface area (Å²) in [7, 11) is -1.98. The summed E-state index contributed by atoms with van der Waals surface area (Å²) in [6.45, 7) is 3.99. The minimum atomic E-state index is -3.53. The van der Waals surface area contributed by atoms with Crippen molar-refractivity contribution in [3.05, 3.63) is 42.4 Å². The molecule has 3 heterocycles. The van der Waals surface area contributed by atoms with Crippen LogP contribution in [0.25, 0.3) is 5.65 Å². The molecule has 1 aliphatic heterocycles. The van der Waals surface area contributed by atoms with E-state index in [0.717, 1.165) is 17.8 Å². The molecule has 148 valence electrons. The molecule has 0 atom stereocenters. The number of hydrogen-bond donors (Lipinski definition) is 0. The summed E-state index contributed by atoms with van der Waals surface area (Å²) in [5, 5.41) is 12.6. The Labute approximate surface area is 163 Å². The topological polar surface area (TPSA) is 92.9 Å². The van der Waals surface area contributed by atoms with E-state index in [-0.39, 0.29) is 4.90 Å². The number of hydrogen-bond acceptors (Lipinski definition) is 7. The first kappa shape index (κ1) is 18.6. The number of fused-ring (bicyclic) bond motifs is 1. The fraction of sp³-hybridized carbons (Fsp3) is 0.389. The quantitative estimate of drug-likeness (QED) is 0.633. The highest BCUT2D eigenvalue weighted by atomic mass is 32.2. The van der Waals surface area contributed by atoms with E-state index in [0.29, 0.717) is 37.6 Å². The highest BCUT2D eigenvalue weighted by molar-refractivity contribution is 7.89. The lowest BCUT2D eigenvalue weighted by molar-refractivity contribution is 0.384. The third kappa shape index (κ3) is 3.29. The molecule has 3 aromatic rings. The molecule has 0 unspecified atom stereocenters. The lowest BCUT2D eigenvalue weighted by Gasteiger charge is -2.35. The fourth-order valence-corrected chi connectivity index (χ4v) is 4.76. The van der Waals surface area contributed by atoms with E-state index in [9.17, 15) is 8.42 Å². The molecule has 28 heavy (non-hydrogen) atoms. The zero-order valence-electron chi connectivity index (χ0n) is 15.8. The van der Waals surface area contributed by atoms with Crippen molar-refractivity contribution in [2.45, 2.75) is 18.2 Å². The molecule has 9 nitrogen and oxygen atoms in total. The maximum Gasteiger partial charge on any atom is 0.243 e. The highest BCUT2D eigenvalue weighted by Crippen LogP contribution is 2.25. The van der Waals surface area contributed by atoms with Gasteiger partial charge in [-0.25, -0.2) is 8.42 Å².